The van der Waals surface area contributed by atoms with E-state index in [-0.39, 0.29) is 11.9 Å². The molecule has 1 heterocycles. The van der Waals surface area contributed by atoms with E-state index in [0.717, 1.165) is 23.2 Å². The molecule has 1 aliphatic heterocycles. The van der Waals surface area contributed by atoms with Crippen molar-refractivity contribution in [1.82, 2.24) is 4.90 Å². The lowest BCUT2D eigenvalue weighted by atomic mass is 10.0. The van der Waals surface area contributed by atoms with Crippen LogP contribution >= 0.6 is 0 Å². The molecule has 0 spiro atoms. The van der Waals surface area contributed by atoms with Crippen molar-refractivity contribution in [2.24, 2.45) is 0 Å². The number of hydrogen-bond acceptors (Lipinski definition) is 4. The summed E-state index contributed by atoms with van der Waals surface area (Å²) >= 11 is 0. The van der Waals surface area contributed by atoms with E-state index in [9.17, 15) is 9.50 Å². The van der Waals surface area contributed by atoms with Crippen molar-refractivity contribution in [3.63, 3.8) is 0 Å². The maximum atomic E-state index is 13.1. The number of aliphatic hydroxyl groups is 1. The number of hydrogen-bond donors (Lipinski definition) is 1. The van der Waals surface area contributed by atoms with Crippen LogP contribution in [0.2, 0.25) is 0 Å². The molecule has 0 radical (unpaired) electrons. The molecule has 0 aromatic heterocycles. The minimum absolute atomic E-state index is 0.110. The van der Waals surface area contributed by atoms with Gasteiger partial charge in [0.05, 0.1) is 25.9 Å². The molecule has 2 aromatic carbocycles. The van der Waals surface area contributed by atoms with Crippen molar-refractivity contribution in [2.75, 3.05) is 33.4 Å². The molecule has 0 saturated carbocycles. The number of β-amino-alcohol motifs (C(OH)–C–C–N with tert-alkyl or cyclic N) is 1. The van der Waals surface area contributed by atoms with E-state index >= 15 is 0 Å². The highest BCUT2D eigenvalue weighted by Gasteiger charge is 2.25. The second-order valence-corrected chi connectivity index (χ2v) is 6.43. The summed E-state index contributed by atoms with van der Waals surface area (Å²) in [6, 6.07) is 12.2. The highest BCUT2D eigenvalue weighted by atomic mass is 19.1. The maximum Gasteiger partial charge on any atom is 0.124 e. The first-order valence-corrected chi connectivity index (χ1v) is 8.49. The number of aryl methyl sites for hydroxylation is 1. The summed E-state index contributed by atoms with van der Waals surface area (Å²) in [4.78, 5) is 2.17. The summed E-state index contributed by atoms with van der Waals surface area (Å²) in [7, 11) is 1.61. The van der Waals surface area contributed by atoms with Crippen LogP contribution in [0.4, 0.5) is 4.39 Å². The summed E-state index contributed by atoms with van der Waals surface area (Å²) in [6.45, 7) is 4.50. The number of methoxy groups -OCH3 is 1. The van der Waals surface area contributed by atoms with E-state index in [0.29, 0.717) is 25.4 Å². The van der Waals surface area contributed by atoms with E-state index in [1.807, 2.05) is 25.1 Å². The molecule has 0 aliphatic carbocycles. The van der Waals surface area contributed by atoms with Crippen LogP contribution < -0.4 is 4.74 Å². The highest BCUT2D eigenvalue weighted by molar-refractivity contribution is 5.38. The zero-order valence-corrected chi connectivity index (χ0v) is 14.6. The van der Waals surface area contributed by atoms with Crippen molar-refractivity contribution in [1.29, 1.82) is 0 Å². The van der Waals surface area contributed by atoms with Crippen LogP contribution in [-0.2, 0) is 4.74 Å². The Morgan fingerprint density at radius 3 is 2.76 bits per heavy atom. The SMILES string of the molecule is COc1ccc(C)cc1[C@H](O)CN1CCO[C@H](c2ccc(F)cc2)C1. The first kappa shape index (κ1) is 17.9. The zero-order valence-electron chi connectivity index (χ0n) is 14.6. The Labute approximate surface area is 147 Å². The van der Waals surface area contributed by atoms with Crippen LogP contribution in [0, 0.1) is 12.7 Å². The smallest absolute Gasteiger partial charge is 0.124 e. The summed E-state index contributed by atoms with van der Waals surface area (Å²) in [5, 5.41) is 10.7. The summed E-state index contributed by atoms with van der Waals surface area (Å²) in [5.74, 6) is 0.444. The van der Waals surface area contributed by atoms with E-state index in [1.54, 1.807) is 19.2 Å². The average molecular weight is 345 g/mol. The minimum atomic E-state index is -0.637. The third-order valence-corrected chi connectivity index (χ3v) is 4.57. The first-order chi connectivity index (χ1) is 12.1. The molecule has 2 atom stereocenters. The van der Waals surface area contributed by atoms with Gasteiger partial charge in [-0.25, -0.2) is 4.39 Å². The largest absolute Gasteiger partial charge is 0.496 e. The standard InChI is InChI=1S/C20H24FNO3/c1-14-3-8-19(24-2)17(11-14)18(23)12-22-9-10-25-20(13-22)15-4-6-16(21)7-5-15/h3-8,11,18,20,23H,9-10,12-13H2,1-2H3/t18-,20+/m1/s1. The Balaban J connectivity index is 1.68. The molecule has 0 bridgehead atoms. The number of ether oxygens (including phenoxy) is 2. The second-order valence-electron chi connectivity index (χ2n) is 6.43. The van der Waals surface area contributed by atoms with E-state index in [1.165, 1.54) is 12.1 Å². The summed E-state index contributed by atoms with van der Waals surface area (Å²) < 4.78 is 24.3. The highest BCUT2D eigenvalue weighted by Crippen LogP contribution is 2.29. The van der Waals surface area contributed by atoms with Gasteiger partial charge in [-0.05, 0) is 36.8 Å². The molecule has 5 heteroatoms. The van der Waals surface area contributed by atoms with Crippen molar-refractivity contribution in [3.8, 4) is 5.75 Å². The first-order valence-electron chi connectivity index (χ1n) is 8.49. The second kappa shape index (κ2) is 7.95. The van der Waals surface area contributed by atoms with Crippen LogP contribution in [0.25, 0.3) is 0 Å². The van der Waals surface area contributed by atoms with E-state index < -0.39 is 6.10 Å². The van der Waals surface area contributed by atoms with Gasteiger partial charge in [0.15, 0.2) is 0 Å². The summed E-state index contributed by atoms with van der Waals surface area (Å²) in [5.41, 5.74) is 2.84. The predicted octanol–water partition coefficient (Wildman–Crippen LogP) is 3.25. The Morgan fingerprint density at radius 1 is 1.28 bits per heavy atom. The van der Waals surface area contributed by atoms with Gasteiger partial charge in [-0.1, -0.05) is 23.8 Å². The third-order valence-electron chi connectivity index (χ3n) is 4.57. The normalized spacial score (nSPS) is 19.6. The molecular formula is C20H24FNO3. The number of benzene rings is 2. The lowest BCUT2D eigenvalue weighted by Crippen LogP contribution is -2.40. The average Bonchev–Trinajstić information content (AvgIpc) is 2.62. The Hall–Kier alpha value is -1.95. The number of rotatable bonds is 5. The van der Waals surface area contributed by atoms with Gasteiger partial charge in [0.1, 0.15) is 11.6 Å². The number of nitrogens with zero attached hydrogens (tertiary/aromatic N) is 1. The van der Waals surface area contributed by atoms with Gasteiger partial charge in [-0.3, -0.25) is 4.90 Å². The van der Waals surface area contributed by atoms with Crippen LogP contribution in [0.3, 0.4) is 0 Å². The van der Waals surface area contributed by atoms with Crippen molar-refractivity contribution in [3.05, 3.63) is 65.0 Å². The molecule has 1 fully saturated rings. The van der Waals surface area contributed by atoms with Crippen LogP contribution in [0.15, 0.2) is 42.5 Å². The van der Waals surface area contributed by atoms with Gasteiger partial charge in [-0.15, -0.1) is 0 Å². The monoisotopic (exact) mass is 345 g/mol. The predicted molar refractivity (Wildman–Crippen MR) is 94.2 cm³/mol. The Bertz CT molecular complexity index is 705. The lowest BCUT2D eigenvalue weighted by Gasteiger charge is -2.34. The quantitative estimate of drug-likeness (QED) is 0.903. The van der Waals surface area contributed by atoms with Crippen molar-refractivity contribution in [2.45, 2.75) is 19.1 Å². The third kappa shape index (κ3) is 4.37. The fraction of sp³-hybridized carbons (Fsp3) is 0.400. The molecule has 0 amide bonds. The van der Waals surface area contributed by atoms with Crippen molar-refractivity contribution >= 4 is 0 Å². The topological polar surface area (TPSA) is 41.9 Å². The number of halogens is 1. The maximum absolute atomic E-state index is 13.1. The Morgan fingerprint density at radius 2 is 2.04 bits per heavy atom. The van der Waals surface area contributed by atoms with E-state index in [2.05, 4.69) is 4.90 Å². The van der Waals surface area contributed by atoms with Gasteiger partial charge in [0.2, 0.25) is 0 Å². The van der Waals surface area contributed by atoms with Gasteiger partial charge >= 0.3 is 0 Å². The van der Waals surface area contributed by atoms with Crippen LogP contribution in [-0.4, -0.2) is 43.4 Å². The molecular weight excluding hydrogens is 321 g/mol. The van der Waals surface area contributed by atoms with Gasteiger partial charge in [-0.2, -0.15) is 0 Å². The molecule has 0 unspecified atom stereocenters. The summed E-state index contributed by atoms with van der Waals surface area (Å²) in [6.07, 6.45) is -0.747. The fourth-order valence-electron chi connectivity index (χ4n) is 3.20. The lowest BCUT2D eigenvalue weighted by molar-refractivity contribution is -0.0425. The van der Waals surface area contributed by atoms with E-state index in [4.69, 9.17) is 9.47 Å². The molecule has 1 saturated heterocycles. The molecule has 2 aromatic rings. The molecule has 1 N–H and O–H groups in total. The van der Waals surface area contributed by atoms with Gasteiger partial charge in [0.25, 0.3) is 0 Å². The number of aliphatic hydroxyl groups excluding tert-OH is 1. The zero-order chi connectivity index (χ0) is 17.8. The minimum Gasteiger partial charge on any atom is -0.496 e. The molecule has 4 nitrogen and oxygen atoms in total. The molecule has 3 rings (SSSR count). The molecule has 134 valence electrons. The Kier molecular flexibility index (Phi) is 5.68. The van der Waals surface area contributed by atoms with Crippen LogP contribution in [0.5, 0.6) is 5.75 Å². The fourth-order valence-corrected chi connectivity index (χ4v) is 3.20. The van der Waals surface area contributed by atoms with Crippen LogP contribution in [0.1, 0.15) is 28.9 Å². The molecule has 25 heavy (non-hydrogen) atoms. The molecule has 1 aliphatic rings. The van der Waals surface area contributed by atoms with Gasteiger partial charge < -0.3 is 14.6 Å². The van der Waals surface area contributed by atoms with Crippen molar-refractivity contribution < 1.29 is 19.0 Å². The number of morpholine rings is 1. The van der Waals surface area contributed by atoms with Gasteiger partial charge in [0, 0.05) is 25.2 Å².